The van der Waals surface area contributed by atoms with E-state index in [-0.39, 0.29) is 29.2 Å². The molecule has 1 aromatic rings. The van der Waals surface area contributed by atoms with Crippen LogP contribution in [0.1, 0.15) is 12.0 Å². The van der Waals surface area contributed by atoms with Gasteiger partial charge in [0.2, 0.25) is 0 Å². The average molecular weight is 264 g/mol. The molecule has 0 unspecified atom stereocenters. The third kappa shape index (κ3) is 4.56. The molecule has 0 spiro atoms. The van der Waals surface area contributed by atoms with Gasteiger partial charge in [0.25, 0.3) is 6.43 Å². The summed E-state index contributed by atoms with van der Waals surface area (Å²) >= 11 is 0. The summed E-state index contributed by atoms with van der Waals surface area (Å²) in [7, 11) is -3.11. The molecule has 0 bridgehead atoms. The van der Waals surface area contributed by atoms with Crippen LogP contribution in [0.5, 0.6) is 0 Å². The van der Waals surface area contributed by atoms with Crippen LogP contribution in [0.4, 0.5) is 20.2 Å². The third-order valence-electron chi connectivity index (χ3n) is 2.10. The van der Waals surface area contributed by atoms with E-state index in [9.17, 15) is 17.2 Å². The van der Waals surface area contributed by atoms with E-state index in [1.54, 1.807) is 0 Å². The van der Waals surface area contributed by atoms with Gasteiger partial charge in [0.05, 0.1) is 5.75 Å². The van der Waals surface area contributed by atoms with Gasteiger partial charge in [0.15, 0.2) is 0 Å². The van der Waals surface area contributed by atoms with Crippen molar-refractivity contribution in [3.05, 3.63) is 23.8 Å². The summed E-state index contributed by atoms with van der Waals surface area (Å²) in [6.07, 6.45) is -1.56. The Hall–Kier alpha value is -1.37. The molecule has 0 amide bonds. The van der Waals surface area contributed by atoms with Crippen molar-refractivity contribution in [1.82, 2.24) is 0 Å². The van der Waals surface area contributed by atoms with Crippen LogP contribution in [0.2, 0.25) is 0 Å². The summed E-state index contributed by atoms with van der Waals surface area (Å²) in [5.74, 6) is -0.111. The second kappa shape index (κ2) is 5.31. The Labute approximate surface area is 98.7 Å². The van der Waals surface area contributed by atoms with Crippen LogP contribution in [-0.2, 0) is 9.84 Å². The van der Waals surface area contributed by atoms with Crippen LogP contribution < -0.4 is 11.1 Å². The minimum Gasteiger partial charge on any atom is -0.399 e. The van der Waals surface area contributed by atoms with Crippen LogP contribution in [0.25, 0.3) is 0 Å². The van der Waals surface area contributed by atoms with Gasteiger partial charge in [-0.05, 0) is 18.2 Å². The Morgan fingerprint density at radius 1 is 1.41 bits per heavy atom. The van der Waals surface area contributed by atoms with Crippen LogP contribution >= 0.6 is 0 Å². The number of hydrogen-bond acceptors (Lipinski definition) is 4. The number of anilines is 2. The van der Waals surface area contributed by atoms with E-state index >= 15 is 0 Å². The number of alkyl halides is 2. The van der Waals surface area contributed by atoms with E-state index in [0.29, 0.717) is 0 Å². The van der Waals surface area contributed by atoms with Gasteiger partial charge in [-0.2, -0.15) is 0 Å². The lowest BCUT2D eigenvalue weighted by Crippen LogP contribution is -2.15. The molecule has 0 aliphatic carbocycles. The predicted octanol–water partition coefficient (Wildman–Crippen LogP) is 1.66. The molecule has 0 saturated heterocycles. The van der Waals surface area contributed by atoms with Crippen molar-refractivity contribution >= 4 is 21.2 Å². The number of nitrogens with two attached hydrogens (primary N) is 1. The molecule has 1 aromatic carbocycles. The van der Waals surface area contributed by atoms with Gasteiger partial charge >= 0.3 is 0 Å². The maximum absolute atomic E-state index is 12.7. The van der Waals surface area contributed by atoms with E-state index in [2.05, 4.69) is 5.32 Å². The number of nitrogen functional groups attached to an aromatic ring is 1. The minimum absolute atomic E-state index is 0.0858. The maximum Gasteiger partial charge on any atom is 0.265 e. The van der Waals surface area contributed by atoms with Gasteiger partial charge in [0, 0.05) is 29.7 Å². The Kier molecular flexibility index (Phi) is 4.28. The molecular weight excluding hydrogens is 250 g/mol. The molecular formula is C10H14F2N2O2S. The first-order chi connectivity index (χ1) is 7.79. The Bertz CT molecular complexity index is 489. The van der Waals surface area contributed by atoms with Crippen molar-refractivity contribution < 1.29 is 17.2 Å². The number of hydrogen-bond donors (Lipinski definition) is 2. The molecule has 3 N–H and O–H groups in total. The smallest absolute Gasteiger partial charge is 0.265 e. The number of benzene rings is 1. The van der Waals surface area contributed by atoms with Crippen molar-refractivity contribution in [2.75, 3.05) is 29.6 Å². The number of nitrogens with one attached hydrogen (secondary N) is 1. The van der Waals surface area contributed by atoms with Crippen LogP contribution in [0.3, 0.4) is 0 Å². The Balaban J connectivity index is 2.77. The van der Waals surface area contributed by atoms with Gasteiger partial charge in [-0.25, -0.2) is 17.2 Å². The minimum atomic E-state index is -3.11. The number of halogens is 2. The van der Waals surface area contributed by atoms with E-state index in [0.717, 1.165) is 6.26 Å². The van der Waals surface area contributed by atoms with Gasteiger partial charge in [-0.3, -0.25) is 0 Å². The van der Waals surface area contributed by atoms with Crippen LogP contribution in [-0.4, -0.2) is 27.0 Å². The molecule has 0 atom stereocenters. The molecule has 96 valence electrons. The van der Waals surface area contributed by atoms with Gasteiger partial charge in [-0.1, -0.05) is 0 Å². The lowest BCUT2D eigenvalue weighted by molar-refractivity contribution is 0.152. The standard InChI is InChI=1S/C10H14F2N2O2S/c1-17(15,16)5-4-14-9-3-2-7(13)6-8(9)10(11)12/h2-3,6,10,14H,4-5,13H2,1H3. The zero-order valence-electron chi connectivity index (χ0n) is 9.28. The highest BCUT2D eigenvalue weighted by Crippen LogP contribution is 2.28. The summed E-state index contributed by atoms with van der Waals surface area (Å²) in [4.78, 5) is 0. The van der Waals surface area contributed by atoms with Gasteiger partial charge in [-0.15, -0.1) is 0 Å². The highest BCUT2D eigenvalue weighted by atomic mass is 32.2. The Morgan fingerprint density at radius 3 is 2.59 bits per heavy atom. The fourth-order valence-electron chi connectivity index (χ4n) is 1.29. The molecule has 0 saturated carbocycles. The molecule has 0 aliphatic rings. The first-order valence-corrected chi connectivity index (χ1v) is 6.95. The fourth-order valence-corrected chi connectivity index (χ4v) is 1.77. The maximum atomic E-state index is 12.7. The van der Waals surface area contributed by atoms with E-state index in [1.165, 1.54) is 18.2 Å². The molecule has 0 aliphatic heterocycles. The summed E-state index contributed by atoms with van der Waals surface area (Å²) in [5.41, 5.74) is 5.63. The molecule has 4 nitrogen and oxygen atoms in total. The summed E-state index contributed by atoms with van der Waals surface area (Å²) in [6.45, 7) is 0.0858. The van der Waals surface area contributed by atoms with Gasteiger partial charge in [0.1, 0.15) is 9.84 Å². The van der Waals surface area contributed by atoms with E-state index < -0.39 is 16.3 Å². The molecule has 0 radical (unpaired) electrons. The second-order valence-electron chi connectivity index (χ2n) is 3.70. The summed E-state index contributed by atoms with van der Waals surface area (Å²) in [5, 5.41) is 2.66. The van der Waals surface area contributed by atoms with E-state index in [4.69, 9.17) is 5.73 Å². The zero-order chi connectivity index (χ0) is 13.1. The first kappa shape index (κ1) is 13.7. The predicted molar refractivity (Wildman–Crippen MR) is 64.0 cm³/mol. The summed E-state index contributed by atoms with van der Waals surface area (Å²) < 4.78 is 47.1. The lowest BCUT2D eigenvalue weighted by Gasteiger charge is -2.11. The largest absolute Gasteiger partial charge is 0.399 e. The molecule has 0 aromatic heterocycles. The molecule has 0 fully saturated rings. The highest BCUT2D eigenvalue weighted by molar-refractivity contribution is 7.90. The normalized spacial score (nSPS) is 11.8. The Morgan fingerprint density at radius 2 is 2.06 bits per heavy atom. The monoisotopic (exact) mass is 264 g/mol. The van der Waals surface area contributed by atoms with Crippen molar-refractivity contribution in [1.29, 1.82) is 0 Å². The first-order valence-electron chi connectivity index (χ1n) is 4.89. The molecule has 0 heterocycles. The molecule has 17 heavy (non-hydrogen) atoms. The lowest BCUT2D eigenvalue weighted by atomic mass is 10.1. The zero-order valence-corrected chi connectivity index (χ0v) is 10.1. The second-order valence-corrected chi connectivity index (χ2v) is 5.96. The summed E-state index contributed by atoms with van der Waals surface area (Å²) in [6, 6.07) is 4.07. The third-order valence-corrected chi connectivity index (χ3v) is 3.04. The molecule has 1 rings (SSSR count). The number of sulfone groups is 1. The van der Waals surface area contributed by atoms with Crippen LogP contribution in [0, 0.1) is 0 Å². The van der Waals surface area contributed by atoms with Crippen molar-refractivity contribution in [2.45, 2.75) is 6.43 Å². The van der Waals surface area contributed by atoms with E-state index in [1.807, 2.05) is 0 Å². The van der Waals surface area contributed by atoms with Gasteiger partial charge < -0.3 is 11.1 Å². The topological polar surface area (TPSA) is 72.2 Å². The molecule has 7 heteroatoms. The SMILES string of the molecule is CS(=O)(=O)CCNc1ccc(N)cc1C(F)F. The number of rotatable bonds is 5. The van der Waals surface area contributed by atoms with Crippen LogP contribution in [0.15, 0.2) is 18.2 Å². The average Bonchev–Trinajstić information content (AvgIpc) is 2.18. The highest BCUT2D eigenvalue weighted by Gasteiger charge is 2.13. The quantitative estimate of drug-likeness (QED) is 0.793. The fraction of sp³-hybridized carbons (Fsp3) is 0.400. The van der Waals surface area contributed by atoms with Crippen molar-refractivity contribution in [3.63, 3.8) is 0 Å². The van der Waals surface area contributed by atoms with Crippen molar-refractivity contribution in [2.24, 2.45) is 0 Å². The van der Waals surface area contributed by atoms with Crippen molar-refractivity contribution in [3.8, 4) is 0 Å².